The van der Waals surface area contributed by atoms with E-state index in [4.69, 9.17) is 23.2 Å². The molecule has 0 aliphatic rings. The molecule has 0 unspecified atom stereocenters. The summed E-state index contributed by atoms with van der Waals surface area (Å²) in [5.41, 5.74) is 1.36. The number of nitrogens with zero attached hydrogens (tertiary/aromatic N) is 1. The van der Waals surface area contributed by atoms with Crippen molar-refractivity contribution in [3.63, 3.8) is 0 Å². The van der Waals surface area contributed by atoms with E-state index in [1.54, 1.807) is 18.2 Å². The standard InChI is InChI=1S/C14H14Cl2N2O/c1-8(2)5-10-7-13(19)18-14(17-10)9-3-4-11(15)12(16)6-9/h3-4,6-8H,5H2,1-2H3,(H,17,18,19). The summed E-state index contributed by atoms with van der Waals surface area (Å²) in [4.78, 5) is 18.8. The second-order valence-corrected chi connectivity index (χ2v) is 5.63. The van der Waals surface area contributed by atoms with Crippen LogP contribution in [0.4, 0.5) is 0 Å². The van der Waals surface area contributed by atoms with E-state index in [1.807, 2.05) is 0 Å². The molecule has 19 heavy (non-hydrogen) atoms. The lowest BCUT2D eigenvalue weighted by molar-refractivity contribution is 0.634. The second kappa shape index (κ2) is 5.76. The second-order valence-electron chi connectivity index (χ2n) is 4.81. The molecule has 0 fully saturated rings. The van der Waals surface area contributed by atoms with Crippen LogP contribution >= 0.6 is 23.2 Å². The molecule has 100 valence electrons. The lowest BCUT2D eigenvalue weighted by Crippen LogP contribution is -2.11. The molecule has 0 amide bonds. The molecule has 1 aromatic carbocycles. The van der Waals surface area contributed by atoms with Crippen molar-refractivity contribution >= 4 is 23.2 Å². The van der Waals surface area contributed by atoms with Crippen LogP contribution in [0.2, 0.25) is 10.0 Å². The topological polar surface area (TPSA) is 45.8 Å². The first-order valence-electron chi connectivity index (χ1n) is 6.01. The molecule has 0 saturated carbocycles. The quantitative estimate of drug-likeness (QED) is 0.932. The number of benzene rings is 1. The van der Waals surface area contributed by atoms with Crippen LogP contribution in [0.15, 0.2) is 29.1 Å². The Hall–Kier alpha value is -1.32. The molecule has 0 aliphatic heterocycles. The fourth-order valence-electron chi connectivity index (χ4n) is 1.81. The number of halogens is 2. The van der Waals surface area contributed by atoms with Gasteiger partial charge in [-0.25, -0.2) is 4.98 Å². The zero-order valence-electron chi connectivity index (χ0n) is 10.7. The van der Waals surface area contributed by atoms with Crippen molar-refractivity contribution < 1.29 is 0 Å². The highest BCUT2D eigenvalue weighted by atomic mass is 35.5. The Morgan fingerprint density at radius 2 is 1.95 bits per heavy atom. The average molecular weight is 297 g/mol. The summed E-state index contributed by atoms with van der Waals surface area (Å²) in [5, 5.41) is 0.919. The predicted molar refractivity (Wildman–Crippen MR) is 78.9 cm³/mol. The first-order valence-corrected chi connectivity index (χ1v) is 6.77. The maximum atomic E-state index is 11.7. The molecule has 2 aromatic rings. The van der Waals surface area contributed by atoms with Gasteiger partial charge >= 0.3 is 0 Å². The molecule has 0 radical (unpaired) electrons. The van der Waals surface area contributed by atoms with Crippen molar-refractivity contribution in [1.29, 1.82) is 0 Å². The minimum Gasteiger partial charge on any atom is -0.307 e. The van der Waals surface area contributed by atoms with Crippen LogP contribution in [-0.4, -0.2) is 9.97 Å². The van der Waals surface area contributed by atoms with Crippen LogP contribution < -0.4 is 5.56 Å². The maximum Gasteiger partial charge on any atom is 0.251 e. The van der Waals surface area contributed by atoms with Crippen molar-refractivity contribution in [2.24, 2.45) is 5.92 Å². The molecule has 3 nitrogen and oxygen atoms in total. The molecule has 0 atom stereocenters. The highest BCUT2D eigenvalue weighted by Gasteiger charge is 2.07. The van der Waals surface area contributed by atoms with Crippen molar-refractivity contribution in [1.82, 2.24) is 9.97 Å². The molecule has 0 spiro atoms. The number of nitrogens with one attached hydrogen (secondary N) is 1. The smallest absolute Gasteiger partial charge is 0.251 e. The fraction of sp³-hybridized carbons (Fsp3) is 0.286. The Bertz CT molecular complexity index is 650. The third-order valence-corrected chi connectivity index (χ3v) is 3.34. The van der Waals surface area contributed by atoms with Gasteiger partial charge in [-0.05, 0) is 30.5 Å². The van der Waals surface area contributed by atoms with Crippen molar-refractivity contribution in [3.8, 4) is 11.4 Å². The summed E-state index contributed by atoms with van der Waals surface area (Å²) in [6.45, 7) is 4.17. The van der Waals surface area contributed by atoms with Gasteiger partial charge in [0.1, 0.15) is 5.82 Å². The third kappa shape index (κ3) is 3.58. The molecular weight excluding hydrogens is 283 g/mol. The highest BCUT2D eigenvalue weighted by molar-refractivity contribution is 6.42. The number of hydrogen-bond acceptors (Lipinski definition) is 2. The zero-order valence-corrected chi connectivity index (χ0v) is 12.2. The molecule has 0 aliphatic carbocycles. The first kappa shape index (κ1) is 14.1. The van der Waals surface area contributed by atoms with Crippen LogP contribution in [0, 0.1) is 5.92 Å². The van der Waals surface area contributed by atoms with Gasteiger partial charge < -0.3 is 4.98 Å². The van der Waals surface area contributed by atoms with E-state index in [0.29, 0.717) is 21.8 Å². The van der Waals surface area contributed by atoms with Crippen LogP contribution in [0.3, 0.4) is 0 Å². The lowest BCUT2D eigenvalue weighted by atomic mass is 10.1. The molecule has 1 N–H and O–H groups in total. The van der Waals surface area contributed by atoms with E-state index < -0.39 is 0 Å². The van der Waals surface area contributed by atoms with Gasteiger partial charge in [0.15, 0.2) is 0 Å². The molecule has 5 heteroatoms. The van der Waals surface area contributed by atoms with Crippen LogP contribution in [-0.2, 0) is 6.42 Å². The van der Waals surface area contributed by atoms with Gasteiger partial charge in [0, 0.05) is 17.3 Å². The number of aromatic nitrogens is 2. The number of rotatable bonds is 3. The van der Waals surface area contributed by atoms with Crippen LogP contribution in [0.1, 0.15) is 19.5 Å². The van der Waals surface area contributed by atoms with E-state index >= 15 is 0 Å². The number of aromatic amines is 1. The van der Waals surface area contributed by atoms with E-state index in [0.717, 1.165) is 17.7 Å². The fourth-order valence-corrected chi connectivity index (χ4v) is 2.11. The Balaban J connectivity index is 2.46. The number of H-pyrrole nitrogens is 1. The summed E-state index contributed by atoms with van der Waals surface area (Å²) >= 11 is 11.9. The van der Waals surface area contributed by atoms with E-state index in [2.05, 4.69) is 23.8 Å². The normalized spacial score (nSPS) is 11.0. The minimum atomic E-state index is -0.160. The Labute approximate surface area is 121 Å². The summed E-state index contributed by atoms with van der Waals surface area (Å²) in [6, 6.07) is 6.70. The van der Waals surface area contributed by atoms with Crippen LogP contribution in [0.25, 0.3) is 11.4 Å². The summed E-state index contributed by atoms with van der Waals surface area (Å²) in [5.74, 6) is 0.956. The van der Waals surface area contributed by atoms with Gasteiger partial charge in [-0.2, -0.15) is 0 Å². The number of hydrogen-bond donors (Lipinski definition) is 1. The SMILES string of the molecule is CC(C)Cc1cc(=O)[nH]c(-c2ccc(Cl)c(Cl)c2)n1. The van der Waals surface area contributed by atoms with Gasteiger partial charge in [0.2, 0.25) is 0 Å². The Morgan fingerprint density at radius 3 is 2.58 bits per heavy atom. The Kier molecular flexibility index (Phi) is 4.27. The predicted octanol–water partition coefficient (Wildman–Crippen LogP) is 3.94. The third-order valence-electron chi connectivity index (χ3n) is 2.61. The van der Waals surface area contributed by atoms with E-state index in [-0.39, 0.29) is 5.56 Å². The van der Waals surface area contributed by atoms with Crippen LogP contribution in [0.5, 0.6) is 0 Å². The van der Waals surface area contributed by atoms with E-state index in [9.17, 15) is 4.79 Å². The first-order chi connectivity index (χ1) is 8.95. The summed E-state index contributed by atoms with van der Waals surface area (Å²) < 4.78 is 0. The molecule has 0 bridgehead atoms. The monoisotopic (exact) mass is 296 g/mol. The van der Waals surface area contributed by atoms with Crippen molar-refractivity contribution in [2.75, 3.05) is 0 Å². The molecule has 1 aromatic heterocycles. The molecule has 1 heterocycles. The maximum absolute atomic E-state index is 11.7. The summed E-state index contributed by atoms with van der Waals surface area (Å²) in [6.07, 6.45) is 0.762. The van der Waals surface area contributed by atoms with Gasteiger partial charge in [-0.3, -0.25) is 4.79 Å². The molecule has 2 rings (SSSR count). The Morgan fingerprint density at radius 1 is 1.21 bits per heavy atom. The van der Waals surface area contributed by atoms with Crippen molar-refractivity contribution in [3.05, 3.63) is 50.4 Å². The molecule has 0 saturated heterocycles. The van der Waals surface area contributed by atoms with Gasteiger partial charge in [-0.1, -0.05) is 37.0 Å². The highest BCUT2D eigenvalue weighted by Crippen LogP contribution is 2.26. The minimum absolute atomic E-state index is 0.160. The van der Waals surface area contributed by atoms with Gasteiger partial charge in [-0.15, -0.1) is 0 Å². The van der Waals surface area contributed by atoms with E-state index in [1.165, 1.54) is 6.07 Å². The summed E-state index contributed by atoms with van der Waals surface area (Å²) in [7, 11) is 0. The van der Waals surface area contributed by atoms with Gasteiger partial charge in [0.25, 0.3) is 5.56 Å². The zero-order chi connectivity index (χ0) is 14.0. The largest absolute Gasteiger partial charge is 0.307 e. The van der Waals surface area contributed by atoms with Gasteiger partial charge in [0.05, 0.1) is 10.0 Å². The molecular formula is C14H14Cl2N2O. The average Bonchev–Trinajstić information content (AvgIpc) is 2.31. The lowest BCUT2D eigenvalue weighted by Gasteiger charge is -2.07. The van der Waals surface area contributed by atoms with Crippen molar-refractivity contribution in [2.45, 2.75) is 20.3 Å².